The van der Waals surface area contributed by atoms with Gasteiger partial charge in [0, 0.05) is 0 Å². The Labute approximate surface area is 116 Å². The molecule has 19 heavy (non-hydrogen) atoms. The average molecular weight is 304 g/mol. The highest BCUT2D eigenvalue weighted by Gasteiger charge is 2.16. The highest BCUT2D eigenvalue weighted by molar-refractivity contribution is 6.31. The highest BCUT2D eigenvalue weighted by atomic mass is 35.5. The molecule has 1 aromatic carbocycles. The predicted octanol–water partition coefficient (Wildman–Crippen LogP) is 3.31. The van der Waals surface area contributed by atoms with Crippen LogP contribution in [0.15, 0.2) is 24.5 Å². The molecule has 0 aliphatic rings. The number of nitrogens with zero attached hydrogens (tertiary/aromatic N) is 2. The third kappa shape index (κ3) is 3.15. The molecule has 2 rings (SSSR count). The number of nitrogens with one attached hydrogen (secondary N) is 1. The molecule has 0 atom stereocenters. The summed E-state index contributed by atoms with van der Waals surface area (Å²) >= 11 is 10.9. The molecular weight excluding hydrogens is 299 g/mol. The van der Waals surface area contributed by atoms with Gasteiger partial charge in [-0.15, -0.1) is 0 Å². The zero-order chi connectivity index (χ0) is 14.0. The van der Waals surface area contributed by atoms with Crippen LogP contribution < -0.4 is 5.32 Å². The van der Waals surface area contributed by atoms with E-state index in [1.165, 1.54) is 12.4 Å². The number of carbonyl (C=O) groups is 1. The maximum atomic E-state index is 13.5. The summed E-state index contributed by atoms with van der Waals surface area (Å²) in [5.74, 6) is -2.64. The average Bonchev–Trinajstić information content (AvgIpc) is 2.36. The van der Waals surface area contributed by atoms with Crippen LogP contribution in [0, 0.1) is 11.6 Å². The van der Waals surface area contributed by atoms with E-state index in [1.807, 2.05) is 0 Å². The van der Waals surface area contributed by atoms with Gasteiger partial charge < -0.3 is 5.32 Å². The van der Waals surface area contributed by atoms with E-state index in [2.05, 4.69) is 15.3 Å². The van der Waals surface area contributed by atoms with Crippen molar-refractivity contribution in [3.05, 3.63) is 51.9 Å². The summed E-state index contributed by atoms with van der Waals surface area (Å²) < 4.78 is 26.7. The third-order valence-electron chi connectivity index (χ3n) is 2.12. The molecule has 1 heterocycles. The van der Waals surface area contributed by atoms with E-state index in [9.17, 15) is 13.6 Å². The van der Waals surface area contributed by atoms with Gasteiger partial charge in [0.25, 0.3) is 5.91 Å². The van der Waals surface area contributed by atoms with E-state index in [1.54, 1.807) is 0 Å². The largest absolute Gasteiger partial charge is 0.305 e. The molecule has 0 radical (unpaired) electrons. The molecule has 0 saturated heterocycles. The number of aromatic nitrogens is 2. The van der Waals surface area contributed by atoms with Gasteiger partial charge >= 0.3 is 0 Å². The molecule has 0 bridgehead atoms. The number of hydrogen-bond donors (Lipinski definition) is 1. The Morgan fingerprint density at radius 3 is 2.47 bits per heavy atom. The lowest BCUT2D eigenvalue weighted by Gasteiger charge is -2.06. The summed E-state index contributed by atoms with van der Waals surface area (Å²) in [5, 5.41) is 1.99. The molecule has 4 nitrogen and oxygen atoms in total. The molecule has 1 aromatic heterocycles. The van der Waals surface area contributed by atoms with Gasteiger partial charge in [-0.25, -0.2) is 18.7 Å². The van der Waals surface area contributed by atoms with Crippen molar-refractivity contribution in [1.82, 2.24) is 9.97 Å². The Bertz CT molecular complexity index is 635. The SMILES string of the molecule is O=C(Nc1cnc(Cl)cn1)c1cc(F)c(Cl)cc1F. The first-order valence-corrected chi connectivity index (χ1v) is 5.66. The number of rotatable bonds is 2. The van der Waals surface area contributed by atoms with Gasteiger partial charge in [0.15, 0.2) is 5.82 Å². The summed E-state index contributed by atoms with van der Waals surface area (Å²) in [5.41, 5.74) is -0.487. The zero-order valence-corrected chi connectivity index (χ0v) is 10.6. The monoisotopic (exact) mass is 303 g/mol. The number of anilines is 1. The van der Waals surface area contributed by atoms with Crippen LogP contribution in [-0.4, -0.2) is 15.9 Å². The van der Waals surface area contributed by atoms with Gasteiger partial charge in [-0.05, 0) is 12.1 Å². The minimum absolute atomic E-state index is 0.0594. The Morgan fingerprint density at radius 1 is 1.11 bits per heavy atom. The highest BCUT2D eigenvalue weighted by Crippen LogP contribution is 2.20. The van der Waals surface area contributed by atoms with Crippen LogP contribution in [0.1, 0.15) is 10.4 Å². The van der Waals surface area contributed by atoms with Crippen LogP contribution in [0.4, 0.5) is 14.6 Å². The molecule has 0 aliphatic heterocycles. The van der Waals surface area contributed by atoms with Crippen molar-refractivity contribution >= 4 is 34.9 Å². The Morgan fingerprint density at radius 2 is 1.84 bits per heavy atom. The molecular formula is C11H5Cl2F2N3O. The number of amides is 1. The topological polar surface area (TPSA) is 54.9 Å². The molecule has 0 unspecified atom stereocenters. The van der Waals surface area contributed by atoms with Gasteiger partial charge in [0.05, 0.1) is 23.0 Å². The van der Waals surface area contributed by atoms with Crippen molar-refractivity contribution in [2.45, 2.75) is 0 Å². The van der Waals surface area contributed by atoms with E-state index >= 15 is 0 Å². The molecule has 0 aliphatic carbocycles. The molecule has 98 valence electrons. The molecule has 0 fully saturated rings. The number of halogens is 4. The maximum Gasteiger partial charge on any atom is 0.259 e. The fourth-order valence-electron chi connectivity index (χ4n) is 1.26. The van der Waals surface area contributed by atoms with Crippen molar-refractivity contribution in [2.24, 2.45) is 0 Å². The quantitative estimate of drug-likeness (QED) is 0.866. The van der Waals surface area contributed by atoms with Crippen LogP contribution in [-0.2, 0) is 0 Å². The van der Waals surface area contributed by atoms with Gasteiger partial charge in [-0.2, -0.15) is 0 Å². The van der Waals surface area contributed by atoms with Crippen LogP contribution in [0.25, 0.3) is 0 Å². The van der Waals surface area contributed by atoms with E-state index in [4.69, 9.17) is 23.2 Å². The summed E-state index contributed by atoms with van der Waals surface area (Å²) in [4.78, 5) is 19.1. The van der Waals surface area contributed by atoms with Crippen LogP contribution in [0.2, 0.25) is 10.2 Å². The second kappa shape index (κ2) is 5.46. The summed E-state index contributed by atoms with van der Waals surface area (Å²) in [7, 11) is 0. The molecule has 8 heteroatoms. The lowest BCUT2D eigenvalue weighted by Crippen LogP contribution is -2.15. The first kappa shape index (κ1) is 13.6. The van der Waals surface area contributed by atoms with Crippen molar-refractivity contribution in [1.29, 1.82) is 0 Å². The molecule has 2 aromatic rings. The molecule has 0 spiro atoms. The number of benzene rings is 1. The fraction of sp³-hybridized carbons (Fsp3) is 0. The van der Waals surface area contributed by atoms with Gasteiger partial charge in [-0.3, -0.25) is 4.79 Å². The lowest BCUT2D eigenvalue weighted by molar-refractivity contribution is 0.102. The minimum Gasteiger partial charge on any atom is -0.305 e. The van der Waals surface area contributed by atoms with Crippen molar-refractivity contribution in [3.63, 3.8) is 0 Å². The van der Waals surface area contributed by atoms with Crippen molar-refractivity contribution in [3.8, 4) is 0 Å². The minimum atomic E-state index is -0.939. The summed E-state index contributed by atoms with van der Waals surface area (Å²) in [6.07, 6.45) is 2.39. The normalized spacial score (nSPS) is 10.3. The molecule has 1 N–H and O–H groups in total. The molecule has 1 amide bonds. The van der Waals surface area contributed by atoms with Crippen LogP contribution >= 0.6 is 23.2 Å². The summed E-state index contributed by atoms with van der Waals surface area (Å²) in [6.45, 7) is 0. The van der Waals surface area contributed by atoms with E-state index in [0.29, 0.717) is 6.07 Å². The predicted molar refractivity (Wildman–Crippen MR) is 66.4 cm³/mol. The Kier molecular flexibility index (Phi) is 3.92. The second-order valence-electron chi connectivity index (χ2n) is 3.42. The lowest BCUT2D eigenvalue weighted by atomic mass is 10.2. The Hall–Kier alpha value is -1.79. The molecule has 0 saturated carbocycles. The van der Waals surface area contributed by atoms with E-state index in [0.717, 1.165) is 6.07 Å². The first-order valence-electron chi connectivity index (χ1n) is 4.91. The fourth-order valence-corrected chi connectivity index (χ4v) is 1.50. The summed E-state index contributed by atoms with van der Waals surface area (Å²) in [6, 6.07) is 1.43. The zero-order valence-electron chi connectivity index (χ0n) is 9.12. The number of carbonyl (C=O) groups excluding carboxylic acids is 1. The standard InChI is InChI=1S/C11H5Cl2F2N3O/c12-6-2-7(14)5(1-8(6)15)11(19)18-10-4-16-9(13)3-17-10/h1-4H,(H,17,18,19). The smallest absolute Gasteiger partial charge is 0.259 e. The van der Waals surface area contributed by atoms with Crippen molar-refractivity contribution < 1.29 is 13.6 Å². The van der Waals surface area contributed by atoms with E-state index < -0.39 is 28.1 Å². The number of hydrogen-bond acceptors (Lipinski definition) is 3. The van der Waals surface area contributed by atoms with Crippen LogP contribution in [0.5, 0.6) is 0 Å². The van der Waals surface area contributed by atoms with Gasteiger partial charge in [0.1, 0.15) is 16.8 Å². The first-order chi connectivity index (χ1) is 8.97. The third-order valence-corrected chi connectivity index (χ3v) is 2.60. The maximum absolute atomic E-state index is 13.5. The Balaban J connectivity index is 2.25. The van der Waals surface area contributed by atoms with Crippen LogP contribution in [0.3, 0.4) is 0 Å². The van der Waals surface area contributed by atoms with E-state index in [-0.39, 0.29) is 11.0 Å². The van der Waals surface area contributed by atoms with Crippen molar-refractivity contribution in [2.75, 3.05) is 5.32 Å². The van der Waals surface area contributed by atoms with Gasteiger partial charge in [-0.1, -0.05) is 23.2 Å². The van der Waals surface area contributed by atoms with Gasteiger partial charge in [0.2, 0.25) is 0 Å². The second-order valence-corrected chi connectivity index (χ2v) is 4.22.